The lowest BCUT2D eigenvalue weighted by Gasteiger charge is -2.15. The third kappa shape index (κ3) is 4.24. The van der Waals surface area contributed by atoms with Crippen molar-refractivity contribution in [3.8, 4) is 0 Å². The van der Waals surface area contributed by atoms with Gasteiger partial charge in [0.15, 0.2) is 6.10 Å². The lowest BCUT2D eigenvalue weighted by Crippen LogP contribution is -2.24. The second-order valence-corrected chi connectivity index (χ2v) is 6.13. The van der Waals surface area contributed by atoms with E-state index in [1.54, 1.807) is 43.3 Å². The highest BCUT2D eigenvalue weighted by molar-refractivity contribution is 6.01. The van der Waals surface area contributed by atoms with Crippen LogP contribution in [-0.4, -0.2) is 36.9 Å². The molecule has 0 fully saturated rings. The first-order valence-corrected chi connectivity index (χ1v) is 7.98. The summed E-state index contributed by atoms with van der Waals surface area (Å²) in [6.45, 7) is 3.38. The Hall–Kier alpha value is -3.22. The van der Waals surface area contributed by atoms with Crippen molar-refractivity contribution in [2.75, 3.05) is 19.0 Å². The van der Waals surface area contributed by atoms with Crippen LogP contribution in [-0.2, 0) is 4.74 Å². The first-order valence-electron chi connectivity index (χ1n) is 7.98. The number of carbonyl (C=O) groups excluding carboxylic acids is 2. The van der Waals surface area contributed by atoms with Crippen molar-refractivity contribution >= 4 is 23.1 Å². The zero-order valence-corrected chi connectivity index (χ0v) is 15.1. The molecule has 0 N–H and O–H groups in total. The molecule has 1 atom stereocenters. The van der Waals surface area contributed by atoms with Gasteiger partial charge in [-0.3, -0.25) is 14.9 Å². The number of carbonyl (C=O) groups is 2. The fourth-order valence-electron chi connectivity index (χ4n) is 2.41. The second kappa shape index (κ2) is 7.77. The van der Waals surface area contributed by atoms with E-state index in [1.165, 1.54) is 19.1 Å². The molecule has 0 heterocycles. The van der Waals surface area contributed by atoms with E-state index in [4.69, 9.17) is 4.74 Å². The van der Waals surface area contributed by atoms with Crippen molar-refractivity contribution in [2.24, 2.45) is 0 Å². The molecule has 0 aliphatic carbocycles. The second-order valence-electron chi connectivity index (χ2n) is 6.13. The number of rotatable bonds is 6. The highest BCUT2D eigenvalue weighted by Crippen LogP contribution is 2.28. The normalized spacial score (nSPS) is 11.5. The molecular weight excluding hydrogens is 336 g/mol. The Labute approximate surface area is 151 Å². The third-order valence-electron chi connectivity index (χ3n) is 3.88. The molecule has 2 aromatic carbocycles. The van der Waals surface area contributed by atoms with E-state index in [0.29, 0.717) is 11.3 Å². The van der Waals surface area contributed by atoms with Crippen LogP contribution in [0.2, 0.25) is 0 Å². The minimum absolute atomic E-state index is 0.0193. The van der Waals surface area contributed by atoms with Crippen LogP contribution in [0.15, 0.2) is 42.5 Å². The summed E-state index contributed by atoms with van der Waals surface area (Å²) in [4.78, 5) is 36.9. The molecule has 136 valence electrons. The van der Waals surface area contributed by atoms with E-state index in [2.05, 4.69) is 0 Å². The zero-order valence-electron chi connectivity index (χ0n) is 15.1. The van der Waals surface area contributed by atoms with Gasteiger partial charge in [0.1, 0.15) is 5.69 Å². The number of benzene rings is 2. The lowest BCUT2D eigenvalue weighted by molar-refractivity contribution is -0.384. The molecule has 0 unspecified atom stereocenters. The number of nitro benzene ring substituents is 1. The minimum atomic E-state index is -1.00. The minimum Gasteiger partial charge on any atom is -0.451 e. The predicted octanol–water partition coefficient (Wildman–Crippen LogP) is 3.40. The number of nitrogens with zero attached hydrogens (tertiary/aromatic N) is 2. The number of hydrogen-bond acceptors (Lipinski definition) is 6. The summed E-state index contributed by atoms with van der Waals surface area (Å²) in [5.41, 5.74) is 1.63. The van der Waals surface area contributed by atoms with Crippen LogP contribution in [0.5, 0.6) is 0 Å². The summed E-state index contributed by atoms with van der Waals surface area (Å²) in [6.07, 6.45) is -1.00. The van der Waals surface area contributed by atoms with Gasteiger partial charge in [-0.2, -0.15) is 0 Å². The fourth-order valence-corrected chi connectivity index (χ4v) is 2.41. The number of Topliss-reactive ketones (excluding diaryl/α,β-unsaturated/α-hetero) is 1. The van der Waals surface area contributed by atoms with Gasteiger partial charge in [0.2, 0.25) is 5.78 Å². The van der Waals surface area contributed by atoms with Gasteiger partial charge in [0.25, 0.3) is 5.69 Å². The van der Waals surface area contributed by atoms with Crippen LogP contribution in [0, 0.1) is 17.0 Å². The van der Waals surface area contributed by atoms with Gasteiger partial charge < -0.3 is 9.64 Å². The maximum Gasteiger partial charge on any atom is 0.339 e. The molecule has 0 aliphatic heterocycles. The van der Waals surface area contributed by atoms with Crippen LogP contribution >= 0.6 is 0 Å². The van der Waals surface area contributed by atoms with Crippen molar-refractivity contribution < 1.29 is 19.2 Å². The molecule has 0 aromatic heterocycles. The number of hydrogen-bond donors (Lipinski definition) is 0. The van der Waals surface area contributed by atoms with Crippen molar-refractivity contribution in [1.29, 1.82) is 0 Å². The Morgan fingerprint density at radius 2 is 1.65 bits per heavy atom. The molecule has 2 aromatic rings. The number of nitro groups is 1. The molecule has 0 spiro atoms. The summed E-state index contributed by atoms with van der Waals surface area (Å²) in [5.74, 6) is -1.12. The first-order chi connectivity index (χ1) is 12.2. The summed E-state index contributed by atoms with van der Waals surface area (Å²) >= 11 is 0. The van der Waals surface area contributed by atoms with Crippen LogP contribution < -0.4 is 4.90 Å². The van der Waals surface area contributed by atoms with Crippen LogP contribution in [0.4, 0.5) is 11.4 Å². The molecular formula is C19H20N2O5. The molecule has 0 amide bonds. The van der Waals surface area contributed by atoms with Crippen molar-refractivity contribution in [1.82, 2.24) is 0 Å². The molecule has 0 saturated carbocycles. The average molecular weight is 356 g/mol. The molecule has 26 heavy (non-hydrogen) atoms. The van der Waals surface area contributed by atoms with Crippen LogP contribution in [0.25, 0.3) is 0 Å². The van der Waals surface area contributed by atoms with E-state index in [1.807, 2.05) is 6.92 Å². The van der Waals surface area contributed by atoms with Gasteiger partial charge in [0, 0.05) is 25.7 Å². The van der Waals surface area contributed by atoms with E-state index in [0.717, 1.165) is 11.6 Å². The summed E-state index contributed by atoms with van der Waals surface area (Å²) in [7, 11) is 3.34. The Bertz CT molecular complexity index is 844. The summed E-state index contributed by atoms with van der Waals surface area (Å²) in [5, 5.41) is 11.2. The van der Waals surface area contributed by atoms with E-state index in [9.17, 15) is 19.7 Å². The number of ether oxygens (including phenoxy) is 1. The molecule has 0 aliphatic rings. The Kier molecular flexibility index (Phi) is 5.71. The molecule has 2 rings (SSSR count). The SMILES string of the molecule is Cc1ccc(C(=O)[C@@H](C)OC(=O)c2ccc(N(C)C)c([N+](=O)[O-])c2)cc1. The predicted molar refractivity (Wildman–Crippen MR) is 97.8 cm³/mol. The number of ketones is 1. The Balaban J connectivity index is 2.18. The number of esters is 1. The molecule has 0 bridgehead atoms. The molecule has 7 heteroatoms. The molecule has 0 radical (unpaired) electrons. The molecule has 7 nitrogen and oxygen atoms in total. The van der Waals surface area contributed by atoms with E-state index < -0.39 is 17.0 Å². The third-order valence-corrected chi connectivity index (χ3v) is 3.88. The maximum atomic E-state index is 12.3. The van der Waals surface area contributed by atoms with Crippen molar-refractivity contribution in [2.45, 2.75) is 20.0 Å². The van der Waals surface area contributed by atoms with Gasteiger partial charge >= 0.3 is 5.97 Å². The standard InChI is InChI=1S/C19H20N2O5/c1-12-5-7-14(8-6-12)18(22)13(2)26-19(23)15-9-10-16(20(3)4)17(11-15)21(24)25/h5-11,13H,1-4H3/t13-/m1/s1. The zero-order chi connectivity index (χ0) is 19.4. The highest BCUT2D eigenvalue weighted by Gasteiger charge is 2.23. The lowest BCUT2D eigenvalue weighted by atomic mass is 10.1. The smallest absolute Gasteiger partial charge is 0.339 e. The summed E-state index contributed by atoms with van der Waals surface area (Å²) in [6, 6.07) is 11.0. The van der Waals surface area contributed by atoms with E-state index >= 15 is 0 Å². The van der Waals surface area contributed by atoms with E-state index in [-0.39, 0.29) is 17.0 Å². The largest absolute Gasteiger partial charge is 0.451 e. The van der Waals surface area contributed by atoms with Crippen molar-refractivity contribution in [3.63, 3.8) is 0 Å². The Morgan fingerprint density at radius 3 is 2.19 bits per heavy atom. The van der Waals surface area contributed by atoms with Crippen LogP contribution in [0.3, 0.4) is 0 Å². The van der Waals surface area contributed by atoms with Crippen LogP contribution in [0.1, 0.15) is 33.2 Å². The van der Waals surface area contributed by atoms with Gasteiger partial charge in [-0.15, -0.1) is 0 Å². The molecule has 0 saturated heterocycles. The quantitative estimate of drug-likeness (QED) is 0.341. The average Bonchev–Trinajstić information content (AvgIpc) is 2.60. The summed E-state index contributed by atoms with van der Waals surface area (Å²) < 4.78 is 5.19. The van der Waals surface area contributed by atoms with Gasteiger partial charge in [0.05, 0.1) is 10.5 Å². The highest BCUT2D eigenvalue weighted by atomic mass is 16.6. The van der Waals surface area contributed by atoms with Gasteiger partial charge in [-0.1, -0.05) is 29.8 Å². The van der Waals surface area contributed by atoms with Gasteiger partial charge in [-0.25, -0.2) is 4.79 Å². The fraction of sp³-hybridized carbons (Fsp3) is 0.263. The number of aryl methyl sites for hydroxylation is 1. The maximum absolute atomic E-state index is 12.3. The monoisotopic (exact) mass is 356 g/mol. The topological polar surface area (TPSA) is 89.8 Å². The van der Waals surface area contributed by atoms with Crippen molar-refractivity contribution in [3.05, 3.63) is 69.3 Å². The first kappa shape index (κ1) is 19.1. The Morgan fingerprint density at radius 1 is 1.08 bits per heavy atom. The number of anilines is 1. The van der Waals surface area contributed by atoms with Gasteiger partial charge in [-0.05, 0) is 26.0 Å².